The topological polar surface area (TPSA) is 108 Å². The maximum Gasteiger partial charge on any atom is 0.257 e. The fraction of sp³-hybridized carbons (Fsp3) is 0.389. The van der Waals surface area contributed by atoms with E-state index < -0.39 is 15.8 Å². The number of likely N-dealkylation sites (N-methyl/N-ethyl adjacent to an activating group) is 1. The van der Waals surface area contributed by atoms with Crippen molar-refractivity contribution in [3.05, 3.63) is 42.3 Å². The van der Waals surface area contributed by atoms with Crippen LogP contribution in [0.1, 0.15) is 19.8 Å². The fourth-order valence-electron chi connectivity index (χ4n) is 3.66. The fourth-order valence-corrected chi connectivity index (χ4v) is 4.51. The van der Waals surface area contributed by atoms with E-state index in [-0.39, 0.29) is 34.7 Å². The van der Waals surface area contributed by atoms with Crippen molar-refractivity contribution in [2.45, 2.75) is 30.2 Å². The molecule has 2 aliphatic rings. The summed E-state index contributed by atoms with van der Waals surface area (Å²) >= 11 is 0. The highest BCUT2D eigenvalue weighted by molar-refractivity contribution is 7.89. The Labute approximate surface area is 168 Å². The first-order valence-corrected chi connectivity index (χ1v) is 10.7. The van der Waals surface area contributed by atoms with Crippen molar-refractivity contribution in [3.63, 3.8) is 0 Å². The number of rotatable bonds is 6. The second-order valence-corrected chi connectivity index (χ2v) is 8.81. The van der Waals surface area contributed by atoms with E-state index >= 15 is 0 Å². The highest BCUT2D eigenvalue weighted by atomic mass is 32.2. The lowest BCUT2D eigenvalue weighted by Gasteiger charge is -2.41. The van der Waals surface area contributed by atoms with E-state index in [1.54, 1.807) is 23.1 Å². The van der Waals surface area contributed by atoms with Crippen LogP contribution in [0.2, 0.25) is 0 Å². The maximum absolute atomic E-state index is 14.4. The molecule has 1 aromatic carbocycles. The molecule has 0 bridgehead atoms. The molecule has 1 aromatic heterocycles. The predicted octanol–water partition coefficient (Wildman–Crippen LogP) is 1.12. The Kier molecular flexibility index (Phi) is 4.87. The largest absolute Gasteiger partial charge is 0.342 e. The lowest BCUT2D eigenvalue weighted by atomic mass is 10.1. The summed E-state index contributed by atoms with van der Waals surface area (Å²) < 4.78 is 39.0. The molecule has 0 unspecified atom stereocenters. The van der Waals surface area contributed by atoms with Crippen LogP contribution in [0.4, 0.5) is 16.2 Å². The highest BCUT2D eigenvalue weighted by Gasteiger charge is 2.53. The number of carbonyl (C=O) groups is 1. The van der Waals surface area contributed by atoms with Gasteiger partial charge in [0.05, 0.1) is 23.2 Å². The summed E-state index contributed by atoms with van der Waals surface area (Å²) in [4.78, 5) is 26.0. The first-order chi connectivity index (χ1) is 13.8. The Morgan fingerprint density at radius 2 is 1.97 bits per heavy atom. The third-order valence-electron chi connectivity index (χ3n) is 5.20. The molecule has 4 rings (SSSR count). The van der Waals surface area contributed by atoms with Gasteiger partial charge in [0, 0.05) is 13.1 Å². The Morgan fingerprint density at radius 3 is 2.62 bits per heavy atom. The minimum Gasteiger partial charge on any atom is -0.342 e. The second kappa shape index (κ2) is 7.23. The molecule has 2 fully saturated rings. The molecule has 0 radical (unpaired) electrons. The summed E-state index contributed by atoms with van der Waals surface area (Å²) in [6, 6.07) is 7.78. The normalized spacial score (nSPS) is 18.2. The van der Waals surface area contributed by atoms with E-state index in [2.05, 4.69) is 20.2 Å². The molecule has 1 saturated heterocycles. The number of piperazine rings is 1. The monoisotopic (exact) mass is 420 g/mol. The number of hydrogen-bond acceptors (Lipinski definition) is 7. The van der Waals surface area contributed by atoms with Crippen LogP contribution in [0.5, 0.6) is 0 Å². The van der Waals surface area contributed by atoms with Gasteiger partial charge in [-0.25, -0.2) is 17.8 Å². The zero-order chi connectivity index (χ0) is 20.6. The van der Waals surface area contributed by atoms with Crippen LogP contribution in [-0.4, -0.2) is 54.4 Å². The molecule has 2 N–H and O–H groups in total. The third kappa shape index (κ3) is 3.75. The van der Waals surface area contributed by atoms with E-state index in [4.69, 9.17) is 0 Å². The van der Waals surface area contributed by atoms with E-state index in [9.17, 15) is 17.6 Å². The Bertz CT molecular complexity index is 1030. The van der Waals surface area contributed by atoms with Gasteiger partial charge in [-0.05, 0) is 31.9 Å². The Morgan fingerprint density at radius 1 is 1.24 bits per heavy atom. The standard InChI is InChI=1S/C18H21FN6O3S/c1-2-25-15(26)11-24(12-18(25)8-9-18)16-14(19)10-20-17(21-16)22-23-29(27,28)13-6-4-3-5-7-13/h3-7,10,23H,2,8-9,11-12H2,1H3,(H,20,21,22). The van der Waals surface area contributed by atoms with Crippen LogP contribution in [0, 0.1) is 5.82 Å². The van der Waals surface area contributed by atoms with E-state index in [0.29, 0.717) is 13.1 Å². The number of aromatic nitrogens is 2. The van der Waals surface area contributed by atoms with Crippen LogP contribution in [0.15, 0.2) is 41.4 Å². The molecule has 154 valence electrons. The molecular formula is C18H21FN6O3S. The number of hydrogen-bond donors (Lipinski definition) is 2. The first-order valence-electron chi connectivity index (χ1n) is 9.25. The average Bonchev–Trinajstić information content (AvgIpc) is 3.47. The van der Waals surface area contributed by atoms with Gasteiger partial charge in [0.2, 0.25) is 11.9 Å². The molecule has 2 heterocycles. The molecule has 1 aliphatic carbocycles. The van der Waals surface area contributed by atoms with Crippen molar-refractivity contribution >= 4 is 27.7 Å². The van der Waals surface area contributed by atoms with Crippen LogP contribution >= 0.6 is 0 Å². The SMILES string of the molecule is CCN1C(=O)CN(c2nc(NNS(=O)(=O)c3ccccc3)ncc2F)CC12CC2. The van der Waals surface area contributed by atoms with Gasteiger partial charge in [-0.2, -0.15) is 4.98 Å². The van der Waals surface area contributed by atoms with Crippen LogP contribution in [0.3, 0.4) is 0 Å². The number of nitrogens with zero attached hydrogens (tertiary/aromatic N) is 4. The number of amides is 1. The van der Waals surface area contributed by atoms with Gasteiger partial charge in [0.15, 0.2) is 11.6 Å². The summed E-state index contributed by atoms with van der Waals surface area (Å²) in [5.41, 5.74) is 2.15. The second-order valence-electron chi connectivity index (χ2n) is 7.13. The van der Waals surface area contributed by atoms with Gasteiger partial charge in [-0.1, -0.05) is 18.2 Å². The van der Waals surface area contributed by atoms with E-state index in [1.807, 2.05) is 11.8 Å². The number of nitrogens with one attached hydrogen (secondary N) is 2. The lowest BCUT2D eigenvalue weighted by Crippen LogP contribution is -2.58. The van der Waals surface area contributed by atoms with Gasteiger partial charge in [0.25, 0.3) is 10.0 Å². The van der Waals surface area contributed by atoms with Gasteiger partial charge in [0.1, 0.15) is 0 Å². The molecule has 11 heteroatoms. The van der Waals surface area contributed by atoms with Crippen molar-refractivity contribution in [1.29, 1.82) is 0 Å². The Hall–Kier alpha value is -2.79. The summed E-state index contributed by atoms with van der Waals surface area (Å²) in [6.45, 7) is 3.04. The molecule has 1 spiro atoms. The molecule has 0 atom stereocenters. The summed E-state index contributed by atoms with van der Waals surface area (Å²) in [5.74, 6) is -0.892. The zero-order valence-corrected chi connectivity index (χ0v) is 16.6. The van der Waals surface area contributed by atoms with Crippen LogP contribution in [0.25, 0.3) is 0 Å². The van der Waals surface area contributed by atoms with Crippen molar-refractivity contribution in [3.8, 4) is 0 Å². The van der Waals surface area contributed by atoms with E-state index in [1.165, 1.54) is 12.1 Å². The van der Waals surface area contributed by atoms with Crippen molar-refractivity contribution in [1.82, 2.24) is 19.7 Å². The number of sulfonamides is 1. The number of carbonyl (C=O) groups excluding carboxylic acids is 1. The minimum absolute atomic E-state index is 0.0126. The number of halogens is 1. The van der Waals surface area contributed by atoms with Crippen molar-refractivity contribution in [2.75, 3.05) is 30.0 Å². The highest BCUT2D eigenvalue weighted by Crippen LogP contribution is 2.45. The van der Waals surface area contributed by atoms with Crippen LogP contribution < -0.4 is 15.2 Å². The number of anilines is 2. The average molecular weight is 420 g/mol. The number of benzene rings is 1. The third-order valence-corrected chi connectivity index (χ3v) is 6.47. The zero-order valence-electron chi connectivity index (χ0n) is 15.8. The smallest absolute Gasteiger partial charge is 0.257 e. The lowest BCUT2D eigenvalue weighted by molar-refractivity contribution is -0.134. The van der Waals surface area contributed by atoms with Crippen molar-refractivity contribution < 1.29 is 17.6 Å². The van der Waals surface area contributed by atoms with Gasteiger partial charge < -0.3 is 9.80 Å². The molecule has 9 nitrogen and oxygen atoms in total. The van der Waals surface area contributed by atoms with Crippen LogP contribution in [-0.2, 0) is 14.8 Å². The van der Waals surface area contributed by atoms with Gasteiger partial charge in [-0.3, -0.25) is 10.2 Å². The first kappa shape index (κ1) is 19.5. The van der Waals surface area contributed by atoms with E-state index in [0.717, 1.165) is 19.0 Å². The molecular weight excluding hydrogens is 399 g/mol. The molecule has 1 amide bonds. The number of hydrazine groups is 1. The minimum atomic E-state index is -3.84. The van der Waals surface area contributed by atoms with Gasteiger partial charge in [-0.15, -0.1) is 4.83 Å². The van der Waals surface area contributed by atoms with Gasteiger partial charge >= 0.3 is 0 Å². The summed E-state index contributed by atoms with van der Waals surface area (Å²) in [7, 11) is -3.84. The Balaban J connectivity index is 1.52. The molecule has 2 aromatic rings. The van der Waals surface area contributed by atoms with Crippen molar-refractivity contribution in [2.24, 2.45) is 0 Å². The molecule has 1 saturated carbocycles. The molecule has 29 heavy (non-hydrogen) atoms. The summed E-state index contributed by atoms with van der Waals surface area (Å²) in [6.07, 6.45) is 2.70. The molecule has 1 aliphatic heterocycles. The predicted molar refractivity (Wildman–Crippen MR) is 104 cm³/mol. The quantitative estimate of drug-likeness (QED) is 0.675. The summed E-state index contributed by atoms with van der Waals surface area (Å²) in [5, 5.41) is 0. The maximum atomic E-state index is 14.4.